The highest BCUT2D eigenvalue weighted by molar-refractivity contribution is 5.97. The highest BCUT2D eigenvalue weighted by Gasteiger charge is 2.28. The van der Waals surface area contributed by atoms with Crippen molar-refractivity contribution >= 4 is 17.4 Å². The van der Waals surface area contributed by atoms with E-state index in [-0.39, 0.29) is 17.9 Å². The minimum Gasteiger partial charge on any atom is -0.365 e. The summed E-state index contributed by atoms with van der Waals surface area (Å²) in [6, 6.07) is 0.112. The Morgan fingerprint density at radius 3 is 2.73 bits per heavy atom. The van der Waals surface area contributed by atoms with E-state index in [0.717, 1.165) is 17.2 Å². The van der Waals surface area contributed by atoms with E-state index in [1.807, 2.05) is 27.8 Å². The fourth-order valence-corrected chi connectivity index (χ4v) is 1.78. The van der Waals surface area contributed by atoms with Gasteiger partial charge in [-0.25, -0.2) is 0 Å². The summed E-state index contributed by atoms with van der Waals surface area (Å²) in [5, 5.41) is 10.5. The summed E-state index contributed by atoms with van der Waals surface area (Å²) in [5.74, 6) is 0.888. The number of amides is 1. The van der Waals surface area contributed by atoms with Crippen molar-refractivity contribution in [3.63, 3.8) is 0 Å². The summed E-state index contributed by atoms with van der Waals surface area (Å²) in [7, 11) is 1.87. The van der Waals surface area contributed by atoms with Crippen molar-refractivity contribution in [2.45, 2.75) is 26.8 Å². The lowest BCUT2D eigenvalue weighted by molar-refractivity contribution is -0.119. The van der Waals surface area contributed by atoms with Crippen LogP contribution in [0.3, 0.4) is 0 Å². The molecule has 1 aromatic rings. The number of hydrogen-bond acceptors (Lipinski definition) is 3. The maximum atomic E-state index is 11.8. The zero-order valence-electron chi connectivity index (χ0n) is 9.46. The average molecular weight is 208 g/mol. The van der Waals surface area contributed by atoms with E-state index in [1.165, 1.54) is 0 Å². The lowest BCUT2D eigenvalue weighted by atomic mass is 10.0. The molecule has 0 bridgehead atoms. The van der Waals surface area contributed by atoms with E-state index in [4.69, 9.17) is 0 Å². The molecule has 0 radical (unpaired) electrons. The van der Waals surface area contributed by atoms with Crippen molar-refractivity contribution in [1.29, 1.82) is 0 Å². The number of nitrogens with one attached hydrogen (secondary N) is 2. The number of rotatable bonds is 0. The van der Waals surface area contributed by atoms with Crippen molar-refractivity contribution in [3.8, 4) is 0 Å². The highest BCUT2D eigenvalue weighted by Crippen LogP contribution is 2.30. The molecule has 0 spiro atoms. The van der Waals surface area contributed by atoms with E-state index < -0.39 is 0 Å². The molecule has 5 nitrogen and oxygen atoms in total. The van der Waals surface area contributed by atoms with Crippen LogP contribution in [0.5, 0.6) is 0 Å². The maximum absolute atomic E-state index is 11.8. The van der Waals surface area contributed by atoms with Gasteiger partial charge in [-0.2, -0.15) is 5.10 Å². The molecule has 5 heteroatoms. The normalized spacial score (nSPS) is 25.2. The van der Waals surface area contributed by atoms with E-state index in [0.29, 0.717) is 0 Å². The van der Waals surface area contributed by atoms with Crippen LogP contribution in [0, 0.1) is 12.8 Å². The summed E-state index contributed by atoms with van der Waals surface area (Å²) in [4.78, 5) is 11.8. The van der Waals surface area contributed by atoms with E-state index >= 15 is 0 Å². The Morgan fingerprint density at radius 2 is 2.07 bits per heavy atom. The molecule has 2 unspecified atom stereocenters. The Hall–Kier alpha value is -1.52. The Balaban J connectivity index is 2.48. The van der Waals surface area contributed by atoms with Crippen LogP contribution in [0.4, 0.5) is 11.5 Å². The first-order valence-corrected chi connectivity index (χ1v) is 5.11. The molecule has 1 aliphatic heterocycles. The first-order chi connectivity index (χ1) is 7.00. The molecular weight excluding hydrogens is 192 g/mol. The lowest BCUT2D eigenvalue weighted by Crippen LogP contribution is -2.31. The van der Waals surface area contributed by atoms with Gasteiger partial charge in [0.1, 0.15) is 11.5 Å². The number of nitrogens with zero attached hydrogens (tertiary/aromatic N) is 2. The number of carbonyl (C=O) groups excluding carboxylic acids is 1. The molecular formula is C10H16N4O. The third-order valence-electron chi connectivity index (χ3n) is 3.00. The third kappa shape index (κ3) is 1.48. The van der Waals surface area contributed by atoms with Gasteiger partial charge in [0.05, 0.1) is 11.6 Å². The number of aromatic nitrogens is 2. The van der Waals surface area contributed by atoms with E-state index in [2.05, 4.69) is 15.7 Å². The Kier molecular flexibility index (Phi) is 2.17. The standard InChI is InChI=1S/C10H16N4O/c1-5-6(2)11-9-8(12-10(5)15)7(3)13-14(9)4/h5-6,11H,1-4H3,(H,12,15). The van der Waals surface area contributed by atoms with Gasteiger partial charge in [-0.3, -0.25) is 9.48 Å². The highest BCUT2D eigenvalue weighted by atomic mass is 16.2. The molecule has 15 heavy (non-hydrogen) atoms. The van der Waals surface area contributed by atoms with Crippen LogP contribution >= 0.6 is 0 Å². The molecule has 1 amide bonds. The molecule has 0 saturated heterocycles. The Morgan fingerprint density at radius 1 is 1.40 bits per heavy atom. The minimum atomic E-state index is -0.0446. The molecule has 2 atom stereocenters. The third-order valence-corrected chi connectivity index (χ3v) is 3.00. The Labute approximate surface area is 88.8 Å². The number of fused-ring (bicyclic) bond motifs is 1. The molecule has 0 saturated carbocycles. The summed E-state index contributed by atoms with van der Waals surface area (Å²) in [6.45, 7) is 5.81. The molecule has 82 valence electrons. The number of carbonyl (C=O) groups is 1. The van der Waals surface area contributed by atoms with Gasteiger partial charge < -0.3 is 10.6 Å². The molecule has 2 N–H and O–H groups in total. The van der Waals surface area contributed by atoms with Gasteiger partial charge in [0.15, 0.2) is 0 Å². The first-order valence-electron chi connectivity index (χ1n) is 5.11. The second-order valence-corrected chi connectivity index (χ2v) is 4.14. The number of aryl methyl sites for hydroxylation is 2. The number of hydrogen-bond donors (Lipinski definition) is 2. The van der Waals surface area contributed by atoms with Crippen LogP contribution in [0.1, 0.15) is 19.5 Å². The number of anilines is 2. The average Bonchev–Trinajstić information content (AvgIpc) is 2.36. The van der Waals surface area contributed by atoms with E-state index in [1.54, 1.807) is 4.68 Å². The SMILES string of the molecule is Cc1nn(C)c2c1NC(=O)C(C)C(C)N2. The van der Waals surface area contributed by atoms with Crippen LogP contribution in [-0.4, -0.2) is 21.7 Å². The van der Waals surface area contributed by atoms with Crippen molar-refractivity contribution in [3.05, 3.63) is 5.69 Å². The largest absolute Gasteiger partial charge is 0.365 e. The molecule has 1 aromatic heterocycles. The molecule has 2 rings (SSSR count). The van der Waals surface area contributed by atoms with Gasteiger partial charge in [0, 0.05) is 13.1 Å². The Bertz CT molecular complexity index is 410. The predicted octanol–water partition coefficient (Wildman–Crippen LogP) is 1.12. The molecule has 2 heterocycles. The van der Waals surface area contributed by atoms with Gasteiger partial charge in [0.2, 0.25) is 5.91 Å². The van der Waals surface area contributed by atoms with Crippen molar-refractivity contribution in [2.24, 2.45) is 13.0 Å². The summed E-state index contributed by atoms with van der Waals surface area (Å²) < 4.78 is 1.76. The van der Waals surface area contributed by atoms with Crippen LogP contribution in [-0.2, 0) is 11.8 Å². The first kappa shape index (κ1) is 10.0. The van der Waals surface area contributed by atoms with Gasteiger partial charge in [-0.15, -0.1) is 0 Å². The topological polar surface area (TPSA) is 59.0 Å². The summed E-state index contributed by atoms with van der Waals surface area (Å²) in [6.07, 6.45) is 0. The minimum absolute atomic E-state index is 0.0446. The molecule has 0 aromatic carbocycles. The zero-order valence-corrected chi connectivity index (χ0v) is 9.46. The molecule has 0 aliphatic carbocycles. The molecule has 0 fully saturated rings. The molecule has 1 aliphatic rings. The zero-order chi connectivity index (χ0) is 11.2. The van der Waals surface area contributed by atoms with Gasteiger partial charge in [-0.1, -0.05) is 6.92 Å². The summed E-state index contributed by atoms with van der Waals surface area (Å²) >= 11 is 0. The predicted molar refractivity (Wildman–Crippen MR) is 58.8 cm³/mol. The van der Waals surface area contributed by atoms with Gasteiger partial charge in [-0.05, 0) is 13.8 Å². The quantitative estimate of drug-likeness (QED) is 0.671. The van der Waals surface area contributed by atoms with Gasteiger partial charge >= 0.3 is 0 Å². The maximum Gasteiger partial charge on any atom is 0.229 e. The monoisotopic (exact) mass is 208 g/mol. The smallest absolute Gasteiger partial charge is 0.229 e. The lowest BCUT2D eigenvalue weighted by Gasteiger charge is -2.16. The second kappa shape index (κ2) is 3.25. The van der Waals surface area contributed by atoms with Crippen LogP contribution in [0.2, 0.25) is 0 Å². The second-order valence-electron chi connectivity index (χ2n) is 4.14. The fourth-order valence-electron chi connectivity index (χ4n) is 1.78. The van der Waals surface area contributed by atoms with Crippen LogP contribution in [0.25, 0.3) is 0 Å². The fraction of sp³-hybridized carbons (Fsp3) is 0.600. The van der Waals surface area contributed by atoms with Crippen molar-refractivity contribution < 1.29 is 4.79 Å². The van der Waals surface area contributed by atoms with Gasteiger partial charge in [0.25, 0.3) is 0 Å². The van der Waals surface area contributed by atoms with E-state index in [9.17, 15) is 4.79 Å². The van der Waals surface area contributed by atoms with Crippen molar-refractivity contribution in [2.75, 3.05) is 10.6 Å². The van der Waals surface area contributed by atoms with Crippen LogP contribution in [0.15, 0.2) is 0 Å². The summed E-state index contributed by atoms with van der Waals surface area (Å²) in [5.41, 5.74) is 1.65. The van der Waals surface area contributed by atoms with Crippen molar-refractivity contribution in [1.82, 2.24) is 9.78 Å². The van der Waals surface area contributed by atoms with Crippen LogP contribution < -0.4 is 10.6 Å².